The van der Waals surface area contributed by atoms with Gasteiger partial charge in [0.25, 0.3) is 5.91 Å². The van der Waals surface area contributed by atoms with Crippen LogP contribution in [0.5, 0.6) is 17.2 Å². The number of methoxy groups -OCH3 is 1. The maximum atomic E-state index is 12.4. The van der Waals surface area contributed by atoms with Gasteiger partial charge in [-0.1, -0.05) is 24.3 Å². The lowest BCUT2D eigenvalue weighted by Gasteiger charge is -2.11. The van der Waals surface area contributed by atoms with Crippen LogP contribution in [0.4, 0.5) is 0 Å². The molecule has 28 heavy (non-hydrogen) atoms. The summed E-state index contributed by atoms with van der Waals surface area (Å²) in [4.78, 5) is 12.4. The van der Waals surface area contributed by atoms with E-state index in [1.54, 1.807) is 36.2 Å². The first kappa shape index (κ1) is 17.5. The van der Waals surface area contributed by atoms with Crippen molar-refractivity contribution in [1.82, 2.24) is 19.9 Å². The maximum Gasteiger partial charge on any atom is 0.253 e. The van der Waals surface area contributed by atoms with Gasteiger partial charge >= 0.3 is 0 Å². The van der Waals surface area contributed by atoms with Gasteiger partial charge in [0.15, 0.2) is 17.1 Å². The van der Waals surface area contributed by atoms with Crippen LogP contribution in [0.15, 0.2) is 73.2 Å². The van der Waals surface area contributed by atoms with Gasteiger partial charge in [0.2, 0.25) is 0 Å². The minimum atomic E-state index is -0.162. The molecule has 7 nitrogen and oxygen atoms in total. The van der Waals surface area contributed by atoms with Crippen molar-refractivity contribution in [2.24, 2.45) is 0 Å². The number of carbonyl (C=O) groups is 1. The predicted molar refractivity (Wildman–Crippen MR) is 104 cm³/mol. The molecule has 2 aromatic heterocycles. The first-order valence-corrected chi connectivity index (χ1v) is 8.70. The summed E-state index contributed by atoms with van der Waals surface area (Å²) in [6.07, 6.45) is 3.27. The van der Waals surface area contributed by atoms with Crippen LogP contribution in [-0.4, -0.2) is 27.6 Å². The smallest absolute Gasteiger partial charge is 0.253 e. The summed E-state index contributed by atoms with van der Waals surface area (Å²) in [5.41, 5.74) is 2.21. The van der Waals surface area contributed by atoms with E-state index in [2.05, 4.69) is 15.5 Å². The molecule has 140 valence electrons. The van der Waals surface area contributed by atoms with Crippen LogP contribution in [0.1, 0.15) is 15.9 Å². The number of nitrogens with one attached hydrogen (secondary N) is 1. The third-order valence-electron chi connectivity index (χ3n) is 4.23. The molecule has 0 bridgehead atoms. The number of carbonyl (C=O) groups excluding carboxylic acids is 1. The Bertz CT molecular complexity index is 1110. The highest BCUT2D eigenvalue weighted by molar-refractivity contribution is 5.94. The fraction of sp³-hybridized carbons (Fsp3) is 0.0952. The lowest BCUT2D eigenvalue weighted by Crippen LogP contribution is -2.23. The third-order valence-corrected chi connectivity index (χ3v) is 4.23. The Morgan fingerprint density at radius 3 is 2.61 bits per heavy atom. The number of pyridine rings is 1. The number of ether oxygens (including phenoxy) is 2. The summed E-state index contributed by atoms with van der Waals surface area (Å²) in [6.45, 7) is 0.411. The molecule has 0 saturated carbocycles. The minimum Gasteiger partial charge on any atom is -0.493 e. The molecule has 2 heterocycles. The number of para-hydroxylation sites is 2. The number of benzene rings is 2. The molecule has 4 rings (SSSR count). The Labute approximate surface area is 161 Å². The predicted octanol–water partition coefficient (Wildman–Crippen LogP) is 3.46. The molecular weight excluding hydrogens is 356 g/mol. The molecule has 1 amide bonds. The van der Waals surface area contributed by atoms with E-state index in [9.17, 15) is 4.79 Å². The lowest BCUT2D eigenvalue weighted by atomic mass is 10.2. The number of amides is 1. The number of rotatable bonds is 6. The van der Waals surface area contributed by atoms with Crippen molar-refractivity contribution >= 4 is 11.6 Å². The first-order valence-electron chi connectivity index (χ1n) is 8.70. The molecule has 1 N–H and O–H groups in total. The van der Waals surface area contributed by atoms with Crippen molar-refractivity contribution in [3.05, 3.63) is 84.3 Å². The normalized spacial score (nSPS) is 10.6. The molecular formula is C21H18N4O3. The van der Waals surface area contributed by atoms with Crippen molar-refractivity contribution in [1.29, 1.82) is 0 Å². The summed E-state index contributed by atoms with van der Waals surface area (Å²) in [7, 11) is 1.61. The highest BCUT2D eigenvalue weighted by Crippen LogP contribution is 2.30. The molecule has 2 aromatic carbocycles. The highest BCUT2D eigenvalue weighted by atomic mass is 16.5. The summed E-state index contributed by atoms with van der Waals surface area (Å²) < 4.78 is 12.9. The van der Waals surface area contributed by atoms with Crippen LogP contribution < -0.4 is 14.8 Å². The average Bonchev–Trinajstić information content (AvgIpc) is 3.21. The second kappa shape index (κ2) is 7.79. The zero-order valence-corrected chi connectivity index (χ0v) is 15.2. The molecule has 0 aliphatic heterocycles. The van der Waals surface area contributed by atoms with E-state index < -0.39 is 0 Å². The van der Waals surface area contributed by atoms with Gasteiger partial charge in [0, 0.05) is 12.7 Å². The zero-order chi connectivity index (χ0) is 19.3. The van der Waals surface area contributed by atoms with E-state index in [0.29, 0.717) is 35.0 Å². The van der Waals surface area contributed by atoms with Crippen molar-refractivity contribution < 1.29 is 14.3 Å². The van der Waals surface area contributed by atoms with Crippen LogP contribution in [0.25, 0.3) is 5.65 Å². The second-order valence-electron chi connectivity index (χ2n) is 6.09. The molecule has 0 atom stereocenters. The van der Waals surface area contributed by atoms with E-state index in [1.807, 2.05) is 48.5 Å². The number of hydrogen-bond acceptors (Lipinski definition) is 5. The van der Waals surface area contributed by atoms with E-state index >= 15 is 0 Å². The van der Waals surface area contributed by atoms with Gasteiger partial charge < -0.3 is 14.8 Å². The largest absolute Gasteiger partial charge is 0.493 e. The summed E-state index contributed by atoms with van der Waals surface area (Å²) in [5.74, 6) is 1.85. The van der Waals surface area contributed by atoms with Gasteiger partial charge in [-0.05, 0) is 42.0 Å². The van der Waals surface area contributed by atoms with Gasteiger partial charge in [-0.25, -0.2) is 0 Å². The quantitative estimate of drug-likeness (QED) is 0.559. The Morgan fingerprint density at radius 2 is 1.82 bits per heavy atom. The van der Waals surface area contributed by atoms with Crippen LogP contribution in [-0.2, 0) is 6.54 Å². The average molecular weight is 374 g/mol. The maximum absolute atomic E-state index is 12.4. The Morgan fingerprint density at radius 1 is 1.04 bits per heavy atom. The zero-order valence-electron chi connectivity index (χ0n) is 15.2. The van der Waals surface area contributed by atoms with Crippen LogP contribution in [0.2, 0.25) is 0 Å². The Balaban J connectivity index is 1.38. The van der Waals surface area contributed by atoms with E-state index in [0.717, 1.165) is 5.56 Å². The Kier molecular flexibility index (Phi) is 4.88. The molecule has 0 radical (unpaired) electrons. The monoisotopic (exact) mass is 374 g/mol. The number of fused-ring (bicyclic) bond motifs is 1. The molecule has 0 spiro atoms. The Hall–Kier alpha value is -3.87. The molecule has 4 aromatic rings. The van der Waals surface area contributed by atoms with Gasteiger partial charge in [-0.15, -0.1) is 10.2 Å². The number of aromatic nitrogens is 3. The van der Waals surface area contributed by atoms with Gasteiger partial charge in [0.1, 0.15) is 12.1 Å². The SMILES string of the molecule is COc1ccccc1Oc1ccc(CNC(=O)c2ccc3nncn3c2)cc1. The first-order chi connectivity index (χ1) is 13.7. The van der Waals surface area contributed by atoms with Crippen molar-refractivity contribution in [2.45, 2.75) is 6.54 Å². The van der Waals surface area contributed by atoms with Gasteiger partial charge in [0.05, 0.1) is 12.7 Å². The standard InChI is InChI=1S/C21H18N4O3/c1-27-18-4-2-3-5-19(18)28-17-9-6-15(7-10-17)12-22-21(26)16-8-11-20-24-23-14-25(20)13-16/h2-11,13-14H,12H2,1H3,(H,22,26). The third kappa shape index (κ3) is 3.78. The van der Waals surface area contributed by atoms with Crippen LogP contribution in [0, 0.1) is 0 Å². The molecule has 0 unspecified atom stereocenters. The summed E-state index contributed by atoms with van der Waals surface area (Å²) in [5, 5.41) is 10.6. The van der Waals surface area contributed by atoms with Crippen molar-refractivity contribution in [2.75, 3.05) is 7.11 Å². The van der Waals surface area contributed by atoms with Crippen molar-refractivity contribution in [3.8, 4) is 17.2 Å². The molecule has 7 heteroatoms. The fourth-order valence-corrected chi connectivity index (χ4v) is 2.75. The highest BCUT2D eigenvalue weighted by Gasteiger charge is 2.08. The fourth-order valence-electron chi connectivity index (χ4n) is 2.75. The molecule has 0 aliphatic carbocycles. The van der Waals surface area contributed by atoms with Gasteiger partial charge in [-0.3, -0.25) is 9.20 Å². The molecule has 0 saturated heterocycles. The van der Waals surface area contributed by atoms with Crippen molar-refractivity contribution in [3.63, 3.8) is 0 Å². The molecule has 0 aliphatic rings. The molecule has 0 fully saturated rings. The topological polar surface area (TPSA) is 77.8 Å². The second-order valence-corrected chi connectivity index (χ2v) is 6.09. The lowest BCUT2D eigenvalue weighted by molar-refractivity contribution is 0.0950. The van der Waals surface area contributed by atoms with Crippen LogP contribution in [0.3, 0.4) is 0 Å². The number of nitrogens with zero attached hydrogens (tertiary/aromatic N) is 3. The van der Waals surface area contributed by atoms with E-state index in [-0.39, 0.29) is 5.91 Å². The van der Waals surface area contributed by atoms with E-state index in [1.165, 1.54) is 0 Å². The summed E-state index contributed by atoms with van der Waals surface area (Å²) in [6, 6.07) is 18.5. The minimum absolute atomic E-state index is 0.162. The number of hydrogen-bond donors (Lipinski definition) is 1. The van der Waals surface area contributed by atoms with Crippen LogP contribution >= 0.6 is 0 Å². The van der Waals surface area contributed by atoms with Gasteiger partial charge in [-0.2, -0.15) is 0 Å². The van der Waals surface area contributed by atoms with E-state index in [4.69, 9.17) is 9.47 Å². The summed E-state index contributed by atoms with van der Waals surface area (Å²) >= 11 is 0.